The third-order valence-electron chi connectivity index (χ3n) is 3.27. The van der Waals surface area contributed by atoms with Gasteiger partial charge in [-0.1, -0.05) is 6.07 Å². The Labute approximate surface area is 105 Å². The van der Waals surface area contributed by atoms with E-state index in [1.54, 1.807) is 13.3 Å². The highest BCUT2D eigenvalue weighted by atomic mass is 16.5. The Hall–Kier alpha value is -1.95. The number of nitrogen functional groups attached to an aromatic ring is 1. The quantitative estimate of drug-likeness (QED) is 0.863. The van der Waals surface area contributed by atoms with Gasteiger partial charge in [-0.05, 0) is 25.0 Å². The Kier molecular flexibility index (Phi) is 2.71. The number of fused-ring (bicyclic) bond motifs is 1. The fourth-order valence-corrected chi connectivity index (χ4v) is 2.43. The molecule has 2 N–H and O–H groups in total. The molecule has 0 amide bonds. The van der Waals surface area contributed by atoms with Gasteiger partial charge in [-0.25, -0.2) is 4.68 Å². The third kappa shape index (κ3) is 1.74. The van der Waals surface area contributed by atoms with Crippen molar-refractivity contribution in [2.75, 3.05) is 12.8 Å². The van der Waals surface area contributed by atoms with Crippen molar-refractivity contribution in [3.63, 3.8) is 0 Å². The molecule has 0 radical (unpaired) electrons. The standard InChI is InChI=1S/C12H15N5O/c1-18-10-6-5-9(8-4-2-3-7-14-8)17-11(10)15-12(13)16-17/h2-4,7,9-10H,5-6H2,1H3,(H2,13,16). The zero-order valence-corrected chi connectivity index (χ0v) is 10.2. The van der Waals surface area contributed by atoms with Crippen molar-refractivity contribution in [1.82, 2.24) is 19.7 Å². The minimum absolute atomic E-state index is 0.0326. The van der Waals surface area contributed by atoms with Gasteiger partial charge in [0, 0.05) is 13.3 Å². The van der Waals surface area contributed by atoms with Crippen LogP contribution in [-0.2, 0) is 4.74 Å². The molecule has 3 rings (SSSR count). The average molecular weight is 245 g/mol. The number of nitrogens with two attached hydrogens (primary N) is 1. The summed E-state index contributed by atoms with van der Waals surface area (Å²) < 4.78 is 7.26. The molecule has 2 atom stereocenters. The maximum atomic E-state index is 5.70. The summed E-state index contributed by atoms with van der Waals surface area (Å²) in [4.78, 5) is 8.65. The maximum absolute atomic E-state index is 5.70. The number of anilines is 1. The summed E-state index contributed by atoms with van der Waals surface area (Å²) in [5, 5.41) is 4.27. The van der Waals surface area contributed by atoms with Crippen LogP contribution in [0.5, 0.6) is 0 Å². The fourth-order valence-electron chi connectivity index (χ4n) is 2.43. The molecule has 0 bridgehead atoms. The van der Waals surface area contributed by atoms with Gasteiger partial charge in [-0.2, -0.15) is 4.98 Å². The first kappa shape index (κ1) is 11.2. The van der Waals surface area contributed by atoms with Crippen LogP contribution in [0.25, 0.3) is 0 Å². The minimum atomic E-state index is -0.0326. The van der Waals surface area contributed by atoms with Crippen LogP contribution in [0.15, 0.2) is 24.4 Å². The molecule has 1 aliphatic rings. The normalized spacial score (nSPS) is 22.7. The van der Waals surface area contributed by atoms with E-state index in [2.05, 4.69) is 15.1 Å². The summed E-state index contributed by atoms with van der Waals surface area (Å²) in [6.07, 6.45) is 3.58. The van der Waals surface area contributed by atoms with Gasteiger partial charge in [0.05, 0.1) is 11.7 Å². The van der Waals surface area contributed by atoms with E-state index in [0.717, 1.165) is 24.4 Å². The molecular weight excluding hydrogens is 230 g/mol. The number of rotatable bonds is 2. The van der Waals surface area contributed by atoms with Gasteiger partial charge < -0.3 is 10.5 Å². The van der Waals surface area contributed by atoms with E-state index in [0.29, 0.717) is 0 Å². The summed E-state index contributed by atoms with van der Waals surface area (Å²) in [6.45, 7) is 0. The summed E-state index contributed by atoms with van der Waals surface area (Å²) in [5.74, 6) is 1.08. The average Bonchev–Trinajstić information content (AvgIpc) is 2.80. The van der Waals surface area contributed by atoms with Gasteiger partial charge in [0.15, 0.2) is 5.82 Å². The van der Waals surface area contributed by atoms with E-state index < -0.39 is 0 Å². The van der Waals surface area contributed by atoms with Gasteiger partial charge in [-0.3, -0.25) is 4.98 Å². The van der Waals surface area contributed by atoms with Gasteiger partial charge >= 0.3 is 0 Å². The second-order valence-electron chi connectivity index (χ2n) is 4.34. The van der Waals surface area contributed by atoms with Gasteiger partial charge in [-0.15, -0.1) is 5.10 Å². The molecule has 6 heteroatoms. The zero-order valence-electron chi connectivity index (χ0n) is 10.2. The molecule has 0 saturated heterocycles. The molecule has 1 aliphatic heterocycles. The number of pyridine rings is 1. The second kappa shape index (κ2) is 4.38. The molecule has 0 saturated carbocycles. The molecular formula is C12H15N5O. The number of hydrogen-bond acceptors (Lipinski definition) is 5. The van der Waals surface area contributed by atoms with E-state index in [1.165, 1.54) is 0 Å². The molecule has 18 heavy (non-hydrogen) atoms. The first-order valence-electron chi connectivity index (χ1n) is 5.95. The third-order valence-corrected chi connectivity index (χ3v) is 3.27. The largest absolute Gasteiger partial charge is 0.373 e. The Morgan fingerprint density at radius 2 is 2.28 bits per heavy atom. The topological polar surface area (TPSA) is 78.8 Å². The molecule has 2 aromatic rings. The highest BCUT2D eigenvalue weighted by Gasteiger charge is 2.31. The SMILES string of the molecule is COC1CCC(c2ccccn2)n2nc(N)nc21. The smallest absolute Gasteiger partial charge is 0.239 e. The molecule has 0 fully saturated rings. The van der Waals surface area contributed by atoms with E-state index in [1.807, 2.05) is 22.9 Å². The lowest BCUT2D eigenvalue weighted by atomic mass is 10.00. The molecule has 94 valence electrons. The minimum Gasteiger partial charge on any atom is -0.373 e. The highest BCUT2D eigenvalue weighted by molar-refractivity contribution is 5.20. The van der Waals surface area contributed by atoms with Crippen molar-refractivity contribution in [3.8, 4) is 0 Å². The van der Waals surface area contributed by atoms with Gasteiger partial charge in [0.25, 0.3) is 0 Å². The van der Waals surface area contributed by atoms with E-state index >= 15 is 0 Å². The summed E-state index contributed by atoms with van der Waals surface area (Å²) >= 11 is 0. The van der Waals surface area contributed by atoms with Crippen LogP contribution in [0.3, 0.4) is 0 Å². The van der Waals surface area contributed by atoms with Crippen molar-refractivity contribution in [1.29, 1.82) is 0 Å². The number of hydrogen-bond donors (Lipinski definition) is 1. The van der Waals surface area contributed by atoms with Crippen LogP contribution in [0.2, 0.25) is 0 Å². The summed E-state index contributed by atoms with van der Waals surface area (Å²) in [5.41, 5.74) is 6.68. The predicted molar refractivity (Wildman–Crippen MR) is 65.8 cm³/mol. The van der Waals surface area contributed by atoms with Crippen molar-refractivity contribution in [2.45, 2.75) is 25.0 Å². The van der Waals surface area contributed by atoms with Gasteiger partial charge in [0.1, 0.15) is 6.10 Å². The molecule has 0 aromatic carbocycles. The van der Waals surface area contributed by atoms with E-state index in [4.69, 9.17) is 10.5 Å². The Morgan fingerprint density at radius 1 is 1.39 bits per heavy atom. The van der Waals surface area contributed by atoms with Crippen molar-refractivity contribution < 1.29 is 4.74 Å². The summed E-state index contributed by atoms with van der Waals surface area (Å²) in [6, 6.07) is 5.97. The van der Waals surface area contributed by atoms with Crippen molar-refractivity contribution in [3.05, 3.63) is 35.9 Å². The maximum Gasteiger partial charge on any atom is 0.239 e. The molecule has 2 aromatic heterocycles. The van der Waals surface area contributed by atoms with Gasteiger partial charge in [0.2, 0.25) is 5.95 Å². The molecule has 0 aliphatic carbocycles. The highest BCUT2D eigenvalue weighted by Crippen LogP contribution is 2.35. The van der Waals surface area contributed by atoms with Crippen LogP contribution in [0.1, 0.15) is 36.5 Å². The van der Waals surface area contributed by atoms with Crippen LogP contribution in [0, 0.1) is 0 Å². The molecule has 6 nitrogen and oxygen atoms in total. The second-order valence-corrected chi connectivity index (χ2v) is 4.34. The van der Waals surface area contributed by atoms with Crippen LogP contribution in [0.4, 0.5) is 5.95 Å². The Morgan fingerprint density at radius 3 is 3.00 bits per heavy atom. The lowest BCUT2D eigenvalue weighted by Crippen LogP contribution is -2.25. The van der Waals surface area contributed by atoms with Crippen LogP contribution >= 0.6 is 0 Å². The first-order valence-corrected chi connectivity index (χ1v) is 5.95. The number of ether oxygens (including phenoxy) is 1. The monoisotopic (exact) mass is 245 g/mol. The van der Waals surface area contributed by atoms with Crippen LogP contribution in [-0.4, -0.2) is 26.9 Å². The van der Waals surface area contributed by atoms with E-state index in [-0.39, 0.29) is 18.1 Å². The number of nitrogens with zero attached hydrogens (tertiary/aromatic N) is 4. The zero-order chi connectivity index (χ0) is 12.5. The fraction of sp³-hybridized carbons (Fsp3) is 0.417. The first-order chi connectivity index (χ1) is 8.79. The van der Waals surface area contributed by atoms with E-state index in [9.17, 15) is 0 Å². The predicted octanol–water partition coefficient (Wildman–Crippen LogP) is 1.33. The molecule has 2 unspecified atom stereocenters. The number of aromatic nitrogens is 4. The Bertz CT molecular complexity index is 539. The van der Waals surface area contributed by atoms with Crippen molar-refractivity contribution in [2.24, 2.45) is 0 Å². The molecule has 3 heterocycles. The lowest BCUT2D eigenvalue weighted by Gasteiger charge is -2.27. The van der Waals surface area contributed by atoms with Crippen molar-refractivity contribution >= 4 is 5.95 Å². The lowest BCUT2D eigenvalue weighted by molar-refractivity contribution is 0.0645. The number of methoxy groups -OCH3 is 1. The molecule has 0 spiro atoms. The Balaban J connectivity index is 2.04. The van der Waals surface area contributed by atoms with Crippen LogP contribution < -0.4 is 5.73 Å². The summed E-state index contributed by atoms with van der Waals surface area (Å²) in [7, 11) is 1.68.